The van der Waals surface area contributed by atoms with Gasteiger partial charge in [-0.25, -0.2) is 0 Å². The van der Waals surface area contributed by atoms with E-state index in [1.54, 1.807) is 0 Å². The molecule has 29 heavy (non-hydrogen) atoms. The number of hydrogen-bond acceptors (Lipinski definition) is 5. The summed E-state index contributed by atoms with van der Waals surface area (Å²) in [6.07, 6.45) is 17.1. The standard InChI is InChI=1S/C20H38O3.Na.H2O4S.H/c1-3-5-7-9-11-13-15-17-19(21)23-20(22)18-16-14-12-10-8-6-4-2;;1-5(2,3)4;/h3-18H2,1-2H3;;(H2,1,2,3,4);. The first-order valence-corrected chi connectivity index (χ1v) is 12.0. The zero-order valence-corrected chi connectivity index (χ0v) is 18.5. The molecule has 0 fully saturated rings. The molecule has 0 aliphatic heterocycles. The molecule has 9 heteroatoms. The molecule has 170 valence electrons. The zero-order chi connectivity index (χ0) is 21.7. The monoisotopic (exact) mass is 448 g/mol. The molecular formula is C20H41NaO7S. The number of carbonyl (C=O) groups excluding carboxylic acids is 2. The Hall–Kier alpha value is 0.01000. The maximum atomic E-state index is 11.6. The van der Waals surface area contributed by atoms with Crippen LogP contribution in [0.2, 0.25) is 0 Å². The third-order valence-corrected chi connectivity index (χ3v) is 4.20. The van der Waals surface area contributed by atoms with E-state index in [2.05, 4.69) is 13.8 Å². The summed E-state index contributed by atoms with van der Waals surface area (Å²) in [7, 11) is -4.67. The molecule has 0 saturated carbocycles. The maximum absolute atomic E-state index is 11.6. The summed E-state index contributed by atoms with van der Waals surface area (Å²) in [5.74, 6) is -0.682. The van der Waals surface area contributed by atoms with Crippen LogP contribution in [0.3, 0.4) is 0 Å². The Balaban J connectivity index is -0.000000997. The third kappa shape index (κ3) is 39.1. The molecule has 0 unspecified atom stereocenters. The van der Waals surface area contributed by atoms with Crippen molar-refractivity contribution in [1.82, 2.24) is 0 Å². The van der Waals surface area contributed by atoms with Crippen molar-refractivity contribution in [3.05, 3.63) is 0 Å². The van der Waals surface area contributed by atoms with E-state index in [0.29, 0.717) is 12.8 Å². The van der Waals surface area contributed by atoms with Crippen LogP contribution in [0.4, 0.5) is 0 Å². The molecule has 0 spiro atoms. The Morgan fingerprint density at radius 1 is 0.621 bits per heavy atom. The molecule has 0 bridgehead atoms. The minimum absolute atomic E-state index is 0. The molecule has 7 nitrogen and oxygen atoms in total. The van der Waals surface area contributed by atoms with Crippen LogP contribution in [0.5, 0.6) is 0 Å². The first-order chi connectivity index (χ1) is 13.2. The van der Waals surface area contributed by atoms with Gasteiger partial charge in [-0.3, -0.25) is 18.7 Å². The van der Waals surface area contributed by atoms with Crippen LogP contribution in [0, 0.1) is 0 Å². The van der Waals surface area contributed by atoms with Gasteiger partial charge in [0.15, 0.2) is 0 Å². The van der Waals surface area contributed by atoms with Crippen molar-refractivity contribution in [2.24, 2.45) is 0 Å². The van der Waals surface area contributed by atoms with E-state index in [0.717, 1.165) is 25.7 Å². The molecule has 0 aromatic heterocycles. The molecule has 0 radical (unpaired) electrons. The summed E-state index contributed by atoms with van der Waals surface area (Å²) in [5.41, 5.74) is 0. The second-order valence-electron chi connectivity index (χ2n) is 7.04. The average Bonchev–Trinajstić information content (AvgIpc) is 2.58. The van der Waals surface area contributed by atoms with Gasteiger partial charge in [-0.2, -0.15) is 8.42 Å². The fraction of sp³-hybridized carbons (Fsp3) is 0.900. The molecule has 0 rings (SSSR count). The molecule has 0 atom stereocenters. The summed E-state index contributed by atoms with van der Waals surface area (Å²) >= 11 is 0. The van der Waals surface area contributed by atoms with E-state index in [9.17, 15) is 9.59 Å². The van der Waals surface area contributed by atoms with Crippen molar-refractivity contribution in [3.8, 4) is 0 Å². The Morgan fingerprint density at radius 2 is 0.862 bits per heavy atom. The van der Waals surface area contributed by atoms with Crippen molar-refractivity contribution in [2.45, 2.75) is 117 Å². The average molecular weight is 449 g/mol. The Bertz CT molecular complexity index is 445. The normalized spacial score (nSPS) is 10.5. The van der Waals surface area contributed by atoms with Crippen LogP contribution in [0.25, 0.3) is 0 Å². The van der Waals surface area contributed by atoms with Crippen molar-refractivity contribution in [3.63, 3.8) is 0 Å². The van der Waals surface area contributed by atoms with Gasteiger partial charge in [0.05, 0.1) is 0 Å². The first-order valence-electron chi connectivity index (χ1n) is 10.6. The minimum atomic E-state index is -4.67. The molecule has 0 saturated heterocycles. The van der Waals surface area contributed by atoms with Crippen molar-refractivity contribution < 1.29 is 31.8 Å². The summed E-state index contributed by atoms with van der Waals surface area (Å²) in [6, 6.07) is 0. The molecular weight excluding hydrogens is 407 g/mol. The number of unbranched alkanes of at least 4 members (excludes halogenated alkanes) is 12. The molecule has 2 N–H and O–H groups in total. The van der Waals surface area contributed by atoms with Crippen LogP contribution >= 0.6 is 0 Å². The van der Waals surface area contributed by atoms with Gasteiger partial charge < -0.3 is 4.74 Å². The van der Waals surface area contributed by atoms with Gasteiger partial charge in [-0.15, -0.1) is 0 Å². The van der Waals surface area contributed by atoms with Crippen LogP contribution in [-0.2, 0) is 24.7 Å². The van der Waals surface area contributed by atoms with Crippen LogP contribution < -0.4 is 0 Å². The summed E-state index contributed by atoms with van der Waals surface area (Å²) < 4.78 is 36.4. The van der Waals surface area contributed by atoms with E-state index in [1.807, 2.05) is 0 Å². The van der Waals surface area contributed by atoms with E-state index in [1.165, 1.54) is 64.2 Å². The quantitative estimate of drug-likeness (QED) is 0.112. The van der Waals surface area contributed by atoms with Gasteiger partial charge in [0, 0.05) is 12.8 Å². The number of hydrogen-bond donors (Lipinski definition) is 2. The van der Waals surface area contributed by atoms with Crippen LogP contribution in [0.15, 0.2) is 0 Å². The molecule has 0 aliphatic rings. The molecule has 0 aromatic carbocycles. The topological polar surface area (TPSA) is 118 Å². The summed E-state index contributed by atoms with van der Waals surface area (Å²) in [4.78, 5) is 23.1. The van der Waals surface area contributed by atoms with Gasteiger partial charge in [-0.1, -0.05) is 90.9 Å². The third-order valence-electron chi connectivity index (χ3n) is 4.20. The van der Waals surface area contributed by atoms with E-state index >= 15 is 0 Å². The Kier molecular flexibility index (Phi) is 28.2. The van der Waals surface area contributed by atoms with Gasteiger partial charge in [0.25, 0.3) is 0 Å². The van der Waals surface area contributed by atoms with Gasteiger partial charge in [0.2, 0.25) is 0 Å². The van der Waals surface area contributed by atoms with E-state index < -0.39 is 10.4 Å². The van der Waals surface area contributed by atoms with Crippen molar-refractivity contribution in [1.29, 1.82) is 0 Å². The van der Waals surface area contributed by atoms with Crippen molar-refractivity contribution >= 4 is 51.9 Å². The van der Waals surface area contributed by atoms with E-state index in [-0.39, 0.29) is 41.5 Å². The Labute approximate surface area is 199 Å². The molecule has 0 aliphatic carbocycles. The fourth-order valence-corrected chi connectivity index (χ4v) is 2.68. The number of ether oxygens (including phenoxy) is 1. The Morgan fingerprint density at radius 3 is 1.14 bits per heavy atom. The summed E-state index contributed by atoms with van der Waals surface area (Å²) in [6.45, 7) is 4.42. The van der Waals surface area contributed by atoms with Crippen molar-refractivity contribution in [2.75, 3.05) is 0 Å². The van der Waals surface area contributed by atoms with E-state index in [4.69, 9.17) is 22.3 Å². The second kappa shape index (κ2) is 24.3. The molecule has 0 amide bonds. The predicted molar refractivity (Wildman–Crippen MR) is 118 cm³/mol. The SMILES string of the molecule is CCCCCCCCCC(=O)OC(=O)CCCCCCCCC.O=S(=O)(O)O.[NaH]. The second-order valence-corrected chi connectivity index (χ2v) is 7.93. The van der Waals surface area contributed by atoms with Gasteiger partial charge >= 0.3 is 51.9 Å². The first kappa shape index (κ1) is 33.6. The predicted octanol–water partition coefficient (Wildman–Crippen LogP) is 5.04. The van der Waals surface area contributed by atoms with Gasteiger partial charge in [0.1, 0.15) is 0 Å². The van der Waals surface area contributed by atoms with Crippen LogP contribution in [0.1, 0.15) is 117 Å². The number of carbonyl (C=O) groups is 2. The zero-order valence-electron chi connectivity index (χ0n) is 17.7. The van der Waals surface area contributed by atoms with Gasteiger partial charge in [-0.05, 0) is 12.8 Å². The number of esters is 2. The number of rotatable bonds is 16. The molecule has 0 heterocycles. The van der Waals surface area contributed by atoms with Crippen LogP contribution in [-0.4, -0.2) is 59.0 Å². The fourth-order valence-electron chi connectivity index (χ4n) is 2.68. The molecule has 0 aromatic rings. The summed E-state index contributed by atoms with van der Waals surface area (Å²) in [5, 5.41) is 0.